The Kier molecular flexibility index (Phi) is 7.20. The largest absolute Gasteiger partial charge is 0.350 e. The molecule has 0 aliphatic carbocycles. The molecule has 0 spiro atoms. The molecule has 0 aliphatic rings. The molecule has 7 heteroatoms. The second-order valence-electron chi connectivity index (χ2n) is 6.08. The van der Waals surface area contributed by atoms with Crippen LogP contribution >= 0.6 is 11.6 Å². The molecule has 1 unspecified atom stereocenters. The lowest BCUT2D eigenvalue weighted by Crippen LogP contribution is -2.32. The van der Waals surface area contributed by atoms with Crippen molar-refractivity contribution >= 4 is 27.5 Å². The number of rotatable bonds is 8. The van der Waals surface area contributed by atoms with Crippen molar-refractivity contribution in [3.05, 3.63) is 64.7 Å². The third-order valence-corrected chi connectivity index (χ3v) is 5.76. The summed E-state index contributed by atoms with van der Waals surface area (Å²) in [5, 5.41) is 3.49. The maximum atomic E-state index is 12.3. The van der Waals surface area contributed by atoms with E-state index in [1.807, 2.05) is 26.0 Å². The number of benzene rings is 2. The summed E-state index contributed by atoms with van der Waals surface area (Å²) in [6.45, 7) is 4.18. The fraction of sp³-hybridized carbons (Fsp3) is 0.316. The first-order valence-corrected chi connectivity index (χ1v) is 10.3. The highest BCUT2D eigenvalue weighted by Crippen LogP contribution is 2.12. The van der Waals surface area contributed by atoms with Crippen molar-refractivity contribution < 1.29 is 13.2 Å². The molecule has 140 valence electrons. The highest BCUT2D eigenvalue weighted by molar-refractivity contribution is 7.89. The first kappa shape index (κ1) is 20.4. The molecule has 2 N–H and O–H groups in total. The van der Waals surface area contributed by atoms with Crippen LogP contribution in [0.1, 0.15) is 36.2 Å². The van der Waals surface area contributed by atoms with Crippen molar-refractivity contribution in [1.82, 2.24) is 10.0 Å². The fourth-order valence-corrected chi connectivity index (χ4v) is 3.42. The Morgan fingerprint density at radius 3 is 2.27 bits per heavy atom. The predicted octanol–water partition coefficient (Wildman–Crippen LogP) is 3.39. The lowest BCUT2D eigenvalue weighted by Gasteiger charge is -2.12. The molecular formula is C19H23ClN2O3S. The predicted molar refractivity (Wildman–Crippen MR) is 104 cm³/mol. The van der Waals surface area contributed by atoms with Gasteiger partial charge in [-0.05, 0) is 61.7 Å². The number of carbonyl (C=O) groups excluding carboxylic acids is 1. The van der Waals surface area contributed by atoms with Gasteiger partial charge in [0.25, 0.3) is 5.91 Å². The number of carbonyl (C=O) groups is 1. The Bertz CT molecular complexity index is 834. The van der Waals surface area contributed by atoms with Gasteiger partial charge in [0, 0.05) is 23.2 Å². The minimum atomic E-state index is -3.62. The van der Waals surface area contributed by atoms with Crippen LogP contribution in [0, 0.1) is 0 Å². The summed E-state index contributed by atoms with van der Waals surface area (Å²) in [7, 11) is -3.62. The van der Waals surface area contributed by atoms with Crippen LogP contribution in [0.3, 0.4) is 0 Å². The van der Waals surface area contributed by atoms with Gasteiger partial charge in [-0.15, -0.1) is 0 Å². The molecule has 2 aromatic carbocycles. The van der Waals surface area contributed by atoms with Crippen molar-refractivity contribution in [3.8, 4) is 0 Å². The van der Waals surface area contributed by atoms with E-state index in [0.29, 0.717) is 17.0 Å². The van der Waals surface area contributed by atoms with Crippen LogP contribution in [0.25, 0.3) is 0 Å². The van der Waals surface area contributed by atoms with Gasteiger partial charge < -0.3 is 5.32 Å². The minimum absolute atomic E-state index is 0.0699. The van der Waals surface area contributed by atoms with E-state index in [0.717, 1.165) is 12.0 Å². The Morgan fingerprint density at radius 1 is 1.08 bits per heavy atom. The van der Waals surface area contributed by atoms with Gasteiger partial charge in [0.15, 0.2) is 0 Å². The summed E-state index contributed by atoms with van der Waals surface area (Å²) in [5.74, 6) is -0.209. The number of sulfonamides is 1. The Hall–Kier alpha value is -1.89. The van der Waals surface area contributed by atoms with Crippen molar-refractivity contribution in [2.24, 2.45) is 0 Å². The lowest BCUT2D eigenvalue weighted by atomic mass is 10.2. The SMILES string of the molecule is CCC(C)NC(=O)c1ccc(S(=O)(=O)NCCc2ccc(Cl)cc2)cc1. The number of hydrogen-bond acceptors (Lipinski definition) is 3. The van der Waals surface area contributed by atoms with Crippen LogP contribution in [0.2, 0.25) is 5.02 Å². The monoisotopic (exact) mass is 394 g/mol. The van der Waals surface area contributed by atoms with Crippen LogP contribution in [0.15, 0.2) is 53.4 Å². The molecule has 0 radical (unpaired) electrons. The first-order chi connectivity index (χ1) is 12.3. The van der Waals surface area contributed by atoms with Crippen LogP contribution in [0.4, 0.5) is 0 Å². The zero-order valence-corrected chi connectivity index (χ0v) is 16.4. The molecule has 0 fully saturated rings. The van der Waals surface area contributed by atoms with Gasteiger partial charge in [0.1, 0.15) is 0 Å². The zero-order chi connectivity index (χ0) is 19.2. The molecule has 0 aliphatic heterocycles. The van der Waals surface area contributed by atoms with Gasteiger partial charge in [-0.25, -0.2) is 13.1 Å². The highest BCUT2D eigenvalue weighted by atomic mass is 35.5. The quantitative estimate of drug-likeness (QED) is 0.720. The number of halogens is 1. The topological polar surface area (TPSA) is 75.3 Å². The van der Waals surface area contributed by atoms with Gasteiger partial charge in [-0.1, -0.05) is 30.7 Å². The molecule has 0 saturated carbocycles. The lowest BCUT2D eigenvalue weighted by molar-refractivity contribution is 0.0939. The van der Waals surface area contributed by atoms with Gasteiger partial charge >= 0.3 is 0 Å². The van der Waals surface area contributed by atoms with Crippen molar-refractivity contribution in [3.63, 3.8) is 0 Å². The molecule has 0 heterocycles. The minimum Gasteiger partial charge on any atom is -0.350 e. The van der Waals surface area contributed by atoms with Crippen LogP contribution in [0.5, 0.6) is 0 Å². The van der Waals surface area contributed by atoms with Crippen LogP contribution in [-0.2, 0) is 16.4 Å². The van der Waals surface area contributed by atoms with Crippen molar-refractivity contribution in [2.45, 2.75) is 37.6 Å². The molecule has 0 bridgehead atoms. The molecular weight excluding hydrogens is 372 g/mol. The second kappa shape index (κ2) is 9.16. The molecule has 5 nitrogen and oxygen atoms in total. The van der Waals surface area contributed by atoms with E-state index < -0.39 is 10.0 Å². The van der Waals surface area contributed by atoms with Gasteiger partial charge in [-0.3, -0.25) is 4.79 Å². The summed E-state index contributed by atoms with van der Waals surface area (Å²) in [6, 6.07) is 13.3. The summed E-state index contributed by atoms with van der Waals surface area (Å²) in [4.78, 5) is 12.2. The molecule has 2 rings (SSSR count). The fourth-order valence-electron chi connectivity index (χ4n) is 2.26. The Balaban J connectivity index is 1.95. The van der Waals surface area contributed by atoms with E-state index >= 15 is 0 Å². The van der Waals surface area contributed by atoms with E-state index in [-0.39, 0.29) is 23.4 Å². The van der Waals surface area contributed by atoms with Gasteiger partial charge in [-0.2, -0.15) is 0 Å². The van der Waals surface area contributed by atoms with E-state index in [1.54, 1.807) is 12.1 Å². The Labute approximate surface area is 159 Å². The van der Waals surface area contributed by atoms with Crippen LogP contribution in [-0.4, -0.2) is 26.9 Å². The first-order valence-electron chi connectivity index (χ1n) is 8.47. The summed E-state index contributed by atoms with van der Waals surface area (Å²) in [5.41, 5.74) is 1.43. The third-order valence-electron chi connectivity index (χ3n) is 4.04. The maximum absolute atomic E-state index is 12.3. The number of hydrogen-bond donors (Lipinski definition) is 2. The number of nitrogens with one attached hydrogen (secondary N) is 2. The molecule has 0 saturated heterocycles. The van der Waals surface area contributed by atoms with E-state index in [1.165, 1.54) is 24.3 Å². The molecule has 2 aromatic rings. The maximum Gasteiger partial charge on any atom is 0.251 e. The Morgan fingerprint density at radius 2 is 1.69 bits per heavy atom. The molecule has 1 amide bonds. The third kappa shape index (κ3) is 5.83. The number of amides is 1. The standard InChI is InChI=1S/C19H23ClN2O3S/c1-3-14(2)22-19(23)16-6-10-18(11-7-16)26(24,25)21-13-12-15-4-8-17(20)9-5-15/h4-11,14,21H,3,12-13H2,1-2H3,(H,22,23). The smallest absolute Gasteiger partial charge is 0.251 e. The summed E-state index contributed by atoms with van der Waals surface area (Å²) >= 11 is 5.83. The summed E-state index contributed by atoms with van der Waals surface area (Å²) < 4.78 is 27.3. The van der Waals surface area contributed by atoms with Gasteiger partial charge in [0.2, 0.25) is 10.0 Å². The molecule has 1 atom stereocenters. The van der Waals surface area contributed by atoms with E-state index in [2.05, 4.69) is 10.0 Å². The van der Waals surface area contributed by atoms with Crippen molar-refractivity contribution in [2.75, 3.05) is 6.54 Å². The average molecular weight is 395 g/mol. The zero-order valence-electron chi connectivity index (χ0n) is 14.8. The van der Waals surface area contributed by atoms with E-state index in [9.17, 15) is 13.2 Å². The summed E-state index contributed by atoms with van der Waals surface area (Å²) in [6.07, 6.45) is 1.39. The van der Waals surface area contributed by atoms with Crippen molar-refractivity contribution in [1.29, 1.82) is 0 Å². The van der Waals surface area contributed by atoms with Gasteiger partial charge in [0.05, 0.1) is 4.90 Å². The van der Waals surface area contributed by atoms with E-state index in [4.69, 9.17) is 11.6 Å². The highest BCUT2D eigenvalue weighted by Gasteiger charge is 2.15. The molecule has 26 heavy (non-hydrogen) atoms. The average Bonchev–Trinajstić information content (AvgIpc) is 2.63. The normalized spacial score (nSPS) is 12.6. The van der Waals surface area contributed by atoms with Crippen LogP contribution < -0.4 is 10.0 Å². The second-order valence-corrected chi connectivity index (χ2v) is 8.28. The molecule has 0 aromatic heterocycles.